The van der Waals surface area contributed by atoms with Crippen LogP contribution in [0.25, 0.3) is 22.3 Å². The predicted octanol–water partition coefficient (Wildman–Crippen LogP) is 6.30. The minimum Gasteiger partial charge on any atom is -0.494 e. The number of nitrogens with zero attached hydrogens (tertiary/aromatic N) is 4. The molecule has 0 saturated carbocycles. The lowest BCUT2D eigenvalue weighted by Crippen LogP contribution is -2.23. The van der Waals surface area contributed by atoms with Crippen molar-refractivity contribution in [2.24, 2.45) is 5.10 Å². The van der Waals surface area contributed by atoms with Gasteiger partial charge >= 0.3 is 11.7 Å². The summed E-state index contributed by atoms with van der Waals surface area (Å²) in [5, 5.41) is 25.8. The fourth-order valence-corrected chi connectivity index (χ4v) is 4.91. The molecule has 0 bridgehead atoms. The number of nitro benzene ring substituents is 1. The molecule has 1 heterocycles. The fourth-order valence-electron chi connectivity index (χ4n) is 4.35. The Kier molecular flexibility index (Phi) is 9.05. The molecule has 3 aromatic carbocycles. The summed E-state index contributed by atoms with van der Waals surface area (Å²) in [5.74, 6) is -0.339. The number of nitro groups is 1. The number of carboxylic acid groups (broad SMARTS) is 1. The van der Waals surface area contributed by atoms with Gasteiger partial charge in [-0.1, -0.05) is 26.0 Å². The zero-order valence-corrected chi connectivity index (χ0v) is 25.2. The molecule has 0 aliphatic carbocycles. The number of carboxylic acids is 1. The maximum absolute atomic E-state index is 13.7. The molecule has 0 fully saturated rings. The monoisotopic (exact) mass is 636 g/mol. The first-order valence-electron chi connectivity index (χ1n) is 13.1. The van der Waals surface area contributed by atoms with Gasteiger partial charge in [-0.3, -0.25) is 14.9 Å². The van der Waals surface area contributed by atoms with Crippen LogP contribution in [0.15, 0.2) is 62.9 Å². The number of aryl methyl sites for hydroxylation is 1. The Morgan fingerprint density at radius 1 is 1.21 bits per heavy atom. The van der Waals surface area contributed by atoms with E-state index >= 15 is 0 Å². The van der Waals surface area contributed by atoms with Gasteiger partial charge in [0.05, 0.1) is 33.1 Å². The van der Waals surface area contributed by atoms with Crippen molar-refractivity contribution in [2.45, 2.75) is 46.6 Å². The van der Waals surface area contributed by atoms with Crippen molar-refractivity contribution in [3.8, 4) is 22.9 Å². The molecule has 4 aromatic rings. The Labute approximate surface area is 249 Å². The lowest BCUT2D eigenvalue weighted by Gasteiger charge is -2.18. The molecule has 12 heteroatoms. The molecule has 218 valence electrons. The Morgan fingerprint density at radius 3 is 2.57 bits per heavy atom. The van der Waals surface area contributed by atoms with Gasteiger partial charge in [-0.15, -0.1) is 0 Å². The second kappa shape index (κ2) is 12.5. The van der Waals surface area contributed by atoms with Gasteiger partial charge in [0, 0.05) is 17.2 Å². The van der Waals surface area contributed by atoms with E-state index in [0.29, 0.717) is 28.9 Å². The summed E-state index contributed by atoms with van der Waals surface area (Å²) in [6.45, 7) is 9.68. The van der Waals surface area contributed by atoms with Crippen molar-refractivity contribution in [3.63, 3.8) is 0 Å². The second-order valence-corrected chi connectivity index (χ2v) is 10.7. The number of benzene rings is 3. The van der Waals surface area contributed by atoms with Crippen molar-refractivity contribution in [3.05, 3.63) is 90.2 Å². The number of carbonyl (C=O) groups is 1. The molecular weight excluding hydrogens is 608 g/mol. The summed E-state index contributed by atoms with van der Waals surface area (Å²) in [6.07, 6.45) is -0.0195. The van der Waals surface area contributed by atoms with Crippen LogP contribution in [0.5, 0.6) is 11.5 Å². The Hall–Kier alpha value is -4.58. The number of aromatic nitrogens is 2. The van der Waals surface area contributed by atoms with E-state index in [9.17, 15) is 24.8 Å². The first-order chi connectivity index (χ1) is 19.9. The van der Waals surface area contributed by atoms with Crippen LogP contribution in [0.2, 0.25) is 0 Å². The second-order valence-electron chi connectivity index (χ2n) is 9.81. The molecule has 11 nitrogen and oxygen atoms in total. The number of halogens is 1. The molecule has 42 heavy (non-hydrogen) atoms. The average Bonchev–Trinajstić information content (AvgIpc) is 2.93. The van der Waals surface area contributed by atoms with Crippen LogP contribution in [-0.2, 0) is 4.79 Å². The number of aliphatic carboxylic acids is 1. The number of fused-ring (bicyclic) bond motifs is 1. The quantitative estimate of drug-likeness (QED) is 0.121. The summed E-state index contributed by atoms with van der Waals surface area (Å²) >= 11 is 3.24. The summed E-state index contributed by atoms with van der Waals surface area (Å²) in [5.41, 5.74) is 2.32. The van der Waals surface area contributed by atoms with Crippen LogP contribution < -0.4 is 15.0 Å². The number of ether oxygens (including phenoxy) is 2. The van der Waals surface area contributed by atoms with Gasteiger partial charge in [0.2, 0.25) is 5.75 Å². The highest BCUT2D eigenvalue weighted by atomic mass is 79.9. The highest BCUT2D eigenvalue weighted by Gasteiger charge is 2.25. The number of hydrogen-bond donors (Lipinski definition) is 1. The Balaban J connectivity index is 1.92. The topological polar surface area (TPSA) is 146 Å². The Bertz CT molecular complexity index is 1780. The Morgan fingerprint density at radius 2 is 1.93 bits per heavy atom. The molecule has 0 aliphatic heterocycles. The van der Waals surface area contributed by atoms with Gasteiger partial charge in [-0.05, 0) is 84.1 Å². The van der Waals surface area contributed by atoms with Crippen molar-refractivity contribution < 1.29 is 24.3 Å². The van der Waals surface area contributed by atoms with Gasteiger partial charge in [-0.25, -0.2) is 9.78 Å². The van der Waals surface area contributed by atoms with Gasteiger partial charge in [0.15, 0.2) is 11.9 Å². The first-order valence-corrected chi connectivity index (χ1v) is 13.9. The maximum Gasteiger partial charge on any atom is 0.344 e. The third kappa shape index (κ3) is 6.18. The van der Waals surface area contributed by atoms with Crippen molar-refractivity contribution in [1.82, 2.24) is 9.66 Å². The molecule has 0 spiro atoms. The fraction of sp³-hybridized carbons (Fsp3) is 0.267. The molecular formula is C30H29BrN4O7. The normalized spacial score (nSPS) is 12.2. The van der Waals surface area contributed by atoms with Crippen molar-refractivity contribution >= 4 is 44.7 Å². The molecule has 0 unspecified atom stereocenters. The smallest absolute Gasteiger partial charge is 0.344 e. The molecule has 0 radical (unpaired) electrons. The molecule has 1 aromatic heterocycles. The summed E-state index contributed by atoms with van der Waals surface area (Å²) in [4.78, 5) is 40.9. The predicted molar refractivity (Wildman–Crippen MR) is 163 cm³/mol. The first kappa shape index (κ1) is 30.4. The lowest BCUT2D eigenvalue weighted by atomic mass is 9.96. The highest BCUT2D eigenvalue weighted by Crippen LogP contribution is 2.37. The molecule has 1 atom stereocenters. The third-order valence-corrected chi connectivity index (χ3v) is 7.07. The van der Waals surface area contributed by atoms with Crippen LogP contribution in [0.3, 0.4) is 0 Å². The van der Waals surface area contributed by atoms with Crippen LogP contribution >= 0.6 is 15.9 Å². The van der Waals surface area contributed by atoms with E-state index in [1.807, 2.05) is 39.8 Å². The van der Waals surface area contributed by atoms with E-state index in [-0.39, 0.29) is 21.7 Å². The molecule has 0 aliphatic rings. The highest BCUT2D eigenvalue weighted by molar-refractivity contribution is 9.10. The van der Waals surface area contributed by atoms with Gasteiger partial charge < -0.3 is 14.6 Å². The average molecular weight is 637 g/mol. The van der Waals surface area contributed by atoms with Gasteiger partial charge in [0.25, 0.3) is 5.56 Å². The van der Waals surface area contributed by atoms with E-state index in [2.05, 4.69) is 21.0 Å². The lowest BCUT2D eigenvalue weighted by molar-refractivity contribution is -0.386. The van der Waals surface area contributed by atoms with Gasteiger partial charge in [-0.2, -0.15) is 9.78 Å². The number of rotatable bonds is 10. The standard InChI is InChI=1S/C30H29BrN4O7/c1-6-41-26-11-17(4)22(14-21(26)16(2)3)28-33-24-10-8-7-9-20(24)29(36)34(28)32-15-19-12-23(31)27(25(13-19)35(39)40)42-18(5)30(37)38/h7-16,18H,6H2,1-5H3,(H,37,38)/t18-/m1/s1. The van der Waals surface area contributed by atoms with Crippen molar-refractivity contribution in [1.29, 1.82) is 0 Å². The largest absolute Gasteiger partial charge is 0.494 e. The van der Waals surface area contributed by atoms with E-state index in [1.54, 1.807) is 24.3 Å². The maximum atomic E-state index is 13.7. The van der Waals surface area contributed by atoms with Crippen molar-refractivity contribution in [2.75, 3.05) is 6.61 Å². The van der Waals surface area contributed by atoms with E-state index < -0.39 is 28.2 Å². The van der Waals surface area contributed by atoms with Crippen LogP contribution in [0.1, 0.15) is 50.3 Å². The number of para-hydroxylation sites is 1. The number of hydrogen-bond acceptors (Lipinski definition) is 8. The van der Waals surface area contributed by atoms with Crippen LogP contribution in [0.4, 0.5) is 5.69 Å². The molecule has 1 N–H and O–H groups in total. The third-order valence-electron chi connectivity index (χ3n) is 6.48. The zero-order valence-electron chi connectivity index (χ0n) is 23.6. The minimum atomic E-state index is -1.32. The van der Waals surface area contributed by atoms with E-state index in [4.69, 9.17) is 14.5 Å². The van der Waals surface area contributed by atoms with Crippen LogP contribution in [0, 0.1) is 17.0 Å². The minimum absolute atomic E-state index is 0.123. The molecule has 0 amide bonds. The van der Waals surface area contributed by atoms with E-state index in [0.717, 1.165) is 16.9 Å². The molecule has 4 rings (SSSR count). The summed E-state index contributed by atoms with van der Waals surface area (Å²) in [6, 6.07) is 13.5. The van der Waals surface area contributed by atoms with Crippen LogP contribution in [-0.4, -0.2) is 44.6 Å². The SMILES string of the molecule is CCOc1cc(C)c(-c2nc3ccccc3c(=O)n2N=Cc2cc(Br)c(O[C@H](C)C(=O)O)c([N+](=O)[O-])c2)cc1C(C)C. The van der Waals surface area contributed by atoms with E-state index in [1.165, 1.54) is 29.9 Å². The zero-order chi connectivity index (χ0) is 30.7. The van der Waals surface area contributed by atoms with Gasteiger partial charge in [0.1, 0.15) is 5.75 Å². The summed E-state index contributed by atoms with van der Waals surface area (Å²) in [7, 11) is 0. The summed E-state index contributed by atoms with van der Waals surface area (Å²) < 4.78 is 12.5. The molecule has 0 saturated heterocycles.